The number of aryl methyl sites for hydroxylation is 1. The highest BCUT2D eigenvalue weighted by molar-refractivity contribution is 7.85. The minimum atomic E-state index is -4.39. The molecule has 0 fully saturated rings. The molecule has 1 rings (SSSR count). The second-order valence-electron chi connectivity index (χ2n) is 2.83. The number of hydrogen-bond donors (Lipinski definition) is 2. The van der Waals surface area contributed by atoms with Crippen LogP contribution in [-0.2, 0) is 15.0 Å². The molecule has 0 atom stereocenters. The largest absolute Gasteiger partial charge is 0.372 e. The molecule has 0 saturated carbocycles. The summed E-state index contributed by atoms with van der Waals surface area (Å²) in [6.07, 6.45) is 0. The van der Waals surface area contributed by atoms with E-state index in [1.165, 1.54) is 19.1 Å². The molecule has 0 aliphatic heterocycles. The van der Waals surface area contributed by atoms with Crippen LogP contribution in [0.15, 0.2) is 23.1 Å². The van der Waals surface area contributed by atoms with Crippen LogP contribution in [0.4, 0.5) is 0 Å². The predicted molar refractivity (Wildman–Crippen MR) is 49.0 cm³/mol. The van der Waals surface area contributed by atoms with Gasteiger partial charge in [0, 0.05) is 0 Å². The fraction of sp³-hybridized carbons (Fsp3) is 0.125. The molecule has 82 valence electrons. The van der Waals surface area contributed by atoms with Gasteiger partial charge in [0.1, 0.15) is 0 Å². The third kappa shape index (κ3) is 2.52. The lowest BCUT2D eigenvalue weighted by Crippen LogP contribution is -2.06. The van der Waals surface area contributed by atoms with E-state index in [1.807, 2.05) is 0 Å². The maximum absolute atomic E-state index is 10.9. The number of carbonyl (C=O) groups is 1. The lowest BCUT2D eigenvalue weighted by Gasteiger charge is -2.03. The normalized spacial score (nSPS) is 11.1. The summed E-state index contributed by atoms with van der Waals surface area (Å²) >= 11 is 0. The highest BCUT2D eigenvalue weighted by Crippen LogP contribution is 2.17. The minimum Gasteiger partial charge on any atom is -0.296 e. The Morgan fingerprint density at radius 2 is 2.00 bits per heavy atom. The first-order valence-corrected chi connectivity index (χ1v) is 5.24. The molecule has 6 nitrogen and oxygen atoms in total. The van der Waals surface area contributed by atoms with Crippen molar-refractivity contribution in [2.24, 2.45) is 0 Å². The van der Waals surface area contributed by atoms with Crippen LogP contribution < -0.4 is 0 Å². The fourth-order valence-electron chi connectivity index (χ4n) is 1.06. The Morgan fingerprint density at radius 1 is 1.40 bits per heavy atom. The molecular weight excluding hydrogens is 224 g/mol. The highest BCUT2D eigenvalue weighted by Gasteiger charge is 2.16. The molecule has 2 N–H and O–H groups in total. The maximum atomic E-state index is 10.9. The standard InChI is InChI=1S/C8H8O6S/c1-5-2-3-6(8(9)14-10)4-7(5)15(11,12)13/h2-4,10H,1H3,(H,11,12,13). The topological polar surface area (TPSA) is 101 Å². The lowest BCUT2D eigenvalue weighted by molar-refractivity contribution is -0.182. The first-order valence-electron chi connectivity index (χ1n) is 3.80. The van der Waals surface area contributed by atoms with E-state index in [9.17, 15) is 13.2 Å². The van der Waals surface area contributed by atoms with Gasteiger partial charge in [0.05, 0.1) is 10.5 Å². The summed E-state index contributed by atoms with van der Waals surface area (Å²) in [7, 11) is -4.39. The van der Waals surface area contributed by atoms with E-state index in [0.717, 1.165) is 6.07 Å². The van der Waals surface area contributed by atoms with E-state index in [-0.39, 0.29) is 11.1 Å². The second kappa shape index (κ2) is 3.97. The van der Waals surface area contributed by atoms with Crippen molar-refractivity contribution < 1.29 is 27.9 Å². The van der Waals surface area contributed by atoms with Crippen molar-refractivity contribution in [3.05, 3.63) is 29.3 Å². The molecule has 0 amide bonds. The van der Waals surface area contributed by atoms with Crippen molar-refractivity contribution in [2.45, 2.75) is 11.8 Å². The predicted octanol–water partition coefficient (Wildman–Crippen LogP) is 0.872. The molecular formula is C8H8O6S. The Bertz CT molecular complexity index is 490. The van der Waals surface area contributed by atoms with Gasteiger partial charge in [-0.15, -0.1) is 0 Å². The van der Waals surface area contributed by atoms with Crippen molar-refractivity contribution in [1.29, 1.82) is 0 Å². The molecule has 0 saturated heterocycles. The monoisotopic (exact) mass is 232 g/mol. The number of hydrogen-bond acceptors (Lipinski definition) is 5. The van der Waals surface area contributed by atoms with E-state index >= 15 is 0 Å². The Kier molecular flexibility index (Phi) is 3.08. The van der Waals surface area contributed by atoms with Gasteiger partial charge in [0.2, 0.25) is 0 Å². The first kappa shape index (κ1) is 11.6. The number of carbonyl (C=O) groups excluding carboxylic acids is 1. The molecule has 0 unspecified atom stereocenters. The van der Waals surface area contributed by atoms with Crippen LogP contribution in [0.25, 0.3) is 0 Å². The lowest BCUT2D eigenvalue weighted by atomic mass is 10.1. The summed E-state index contributed by atoms with van der Waals surface area (Å²) in [4.78, 5) is 13.9. The second-order valence-corrected chi connectivity index (χ2v) is 4.22. The minimum absolute atomic E-state index is 0.171. The van der Waals surface area contributed by atoms with E-state index in [2.05, 4.69) is 4.89 Å². The summed E-state index contributed by atoms with van der Waals surface area (Å²) in [5, 5.41) is 8.09. The zero-order valence-electron chi connectivity index (χ0n) is 7.67. The Hall–Kier alpha value is -1.44. The first-order chi connectivity index (χ1) is 6.86. The van der Waals surface area contributed by atoms with Gasteiger partial charge < -0.3 is 0 Å². The molecule has 0 bridgehead atoms. The van der Waals surface area contributed by atoms with E-state index < -0.39 is 21.0 Å². The molecule has 1 aromatic rings. The van der Waals surface area contributed by atoms with Gasteiger partial charge in [0.15, 0.2) is 0 Å². The number of benzene rings is 1. The zero-order chi connectivity index (χ0) is 11.6. The molecule has 7 heteroatoms. The van der Waals surface area contributed by atoms with Crippen molar-refractivity contribution in [1.82, 2.24) is 0 Å². The zero-order valence-corrected chi connectivity index (χ0v) is 8.48. The van der Waals surface area contributed by atoms with Gasteiger partial charge in [-0.1, -0.05) is 6.07 Å². The van der Waals surface area contributed by atoms with Crippen LogP contribution in [0.3, 0.4) is 0 Å². The van der Waals surface area contributed by atoms with Crippen LogP contribution in [0.5, 0.6) is 0 Å². The summed E-state index contributed by atoms with van der Waals surface area (Å²) < 4.78 is 30.5. The van der Waals surface area contributed by atoms with Crippen molar-refractivity contribution in [3.8, 4) is 0 Å². The van der Waals surface area contributed by atoms with Crippen LogP contribution >= 0.6 is 0 Å². The Morgan fingerprint density at radius 3 is 2.47 bits per heavy atom. The average Bonchev–Trinajstić information content (AvgIpc) is 2.15. The quantitative estimate of drug-likeness (QED) is 0.445. The molecule has 0 aliphatic rings. The maximum Gasteiger partial charge on any atom is 0.372 e. The molecule has 15 heavy (non-hydrogen) atoms. The third-order valence-corrected chi connectivity index (χ3v) is 2.78. The van der Waals surface area contributed by atoms with Crippen LogP contribution in [0.2, 0.25) is 0 Å². The van der Waals surface area contributed by atoms with Crippen molar-refractivity contribution in [3.63, 3.8) is 0 Å². The smallest absolute Gasteiger partial charge is 0.296 e. The summed E-state index contributed by atoms with van der Waals surface area (Å²) in [6, 6.07) is 3.50. The molecule has 1 aromatic carbocycles. The van der Waals surface area contributed by atoms with Crippen molar-refractivity contribution >= 4 is 16.1 Å². The van der Waals surface area contributed by atoms with E-state index in [0.29, 0.717) is 0 Å². The molecule has 0 radical (unpaired) electrons. The van der Waals surface area contributed by atoms with E-state index in [1.54, 1.807) is 0 Å². The summed E-state index contributed by atoms with van der Waals surface area (Å²) in [6.45, 7) is 1.46. The van der Waals surface area contributed by atoms with Gasteiger partial charge in [-0.05, 0) is 24.6 Å². The molecule has 0 heterocycles. The van der Waals surface area contributed by atoms with E-state index in [4.69, 9.17) is 9.81 Å². The van der Waals surface area contributed by atoms with Crippen LogP contribution in [-0.4, -0.2) is 24.2 Å². The van der Waals surface area contributed by atoms with Crippen LogP contribution in [0.1, 0.15) is 15.9 Å². The summed E-state index contributed by atoms with van der Waals surface area (Å²) in [5.74, 6) is -1.10. The molecule has 0 spiro atoms. The Labute approximate surface area is 85.8 Å². The highest BCUT2D eigenvalue weighted by atomic mass is 32.2. The van der Waals surface area contributed by atoms with Gasteiger partial charge in [0.25, 0.3) is 10.1 Å². The van der Waals surface area contributed by atoms with Crippen LogP contribution in [0, 0.1) is 6.92 Å². The van der Waals surface area contributed by atoms with Gasteiger partial charge >= 0.3 is 5.97 Å². The fourth-order valence-corrected chi connectivity index (χ4v) is 1.81. The van der Waals surface area contributed by atoms with Gasteiger partial charge in [-0.25, -0.2) is 4.79 Å². The number of rotatable bonds is 2. The summed E-state index contributed by atoms with van der Waals surface area (Å²) in [5.41, 5.74) is 0.114. The average molecular weight is 232 g/mol. The Balaban J connectivity index is 3.36. The SMILES string of the molecule is Cc1ccc(C(=O)OO)cc1S(=O)(=O)O. The van der Waals surface area contributed by atoms with Gasteiger partial charge in [-0.2, -0.15) is 13.7 Å². The van der Waals surface area contributed by atoms with Crippen molar-refractivity contribution in [2.75, 3.05) is 0 Å². The molecule has 0 aliphatic carbocycles. The molecule has 0 aromatic heterocycles. The third-order valence-electron chi connectivity index (χ3n) is 1.78. The van der Waals surface area contributed by atoms with Gasteiger partial charge in [-0.3, -0.25) is 9.44 Å².